The van der Waals surface area contributed by atoms with Crippen molar-refractivity contribution in [2.75, 3.05) is 5.75 Å². The molecule has 1 aliphatic carbocycles. The molecular formula is C22H25N3O2S2. The van der Waals surface area contributed by atoms with Crippen LogP contribution in [-0.4, -0.2) is 21.2 Å². The highest BCUT2D eigenvalue weighted by Gasteiger charge is 2.21. The molecule has 0 fully saturated rings. The minimum absolute atomic E-state index is 0.00604. The van der Waals surface area contributed by atoms with Crippen LogP contribution in [0.4, 0.5) is 0 Å². The number of amides is 1. The first-order valence-corrected chi connectivity index (χ1v) is 11.8. The van der Waals surface area contributed by atoms with Gasteiger partial charge in [0, 0.05) is 24.1 Å². The summed E-state index contributed by atoms with van der Waals surface area (Å²) in [6.45, 7) is 1.98. The number of rotatable bonds is 6. The Kier molecular flexibility index (Phi) is 6.06. The Morgan fingerprint density at radius 3 is 2.83 bits per heavy atom. The molecule has 0 saturated heterocycles. The van der Waals surface area contributed by atoms with Gasteiger partial charge in [0.15, 0.2) is 5.16 Å². The first kappa shape index (κ1) is 20.2. The average Bonchev–Trinajstić information content (AvgIpc) is 3.10. The molecule has 2 heterocycles. The van der Waals surface area contributed by atoms with Crippen molar-refractivity contribution in [1.29, 1.82) is 0 Å². The monoisotopic (exact) mass is 427 g/mol. The normalized spacial score (nSPS) is 14.6. The maximum absolute atomic E-state index is 12.9. The van der Waals surface area contributed by atoms with E-state index in [1.807, 2.05) is 37.3 Å². The van der Waals surface area contributed by atoms with Gasteiger partial charge in [0.05, 0.1) is 11.4 Å². The van der Waals surface area contributed by atoms with Crippen molar-refractivity contribution >= 4 is 39.2 Å². The molecule has 0 bridgehead atoms. The number of carbonyl (C=O) groups is 1. The maximum Gasteiger partial charge on any atom is 0.262 e. The second-order valence-corrected chi connectivity index (χ2v) is 9.59. The number of hydrogen-bond acceptors (Lipinski definition) is 5. The molecule has 1 aromatic carbocycles. The Morgan fingerprint density at radius 1 is 1.28 bits per heavy atom. The smallest absolute Gasteiger partial charge is 0.262 e. The molecule has 1 N–H and O–H groups in total. The lowest BCUT2D eigenvalue weighted by Gasteiger charge is -2.14. The summed E-state index contributed by atoms with van der Waals surface area (Å²) in [5.41, 5.74) is 2.35. The first-order valence-electron chi connectivity index (χ1n) is 10.0. The summed E-state index contributed by atoms with van der Waals surface area (Å²) in [6, 6.07) is 9.90. The van der Waals surface area contributed by atoms with Gasteiger partial charge in [-0.25, -0.2) is 4.98 Å². The van der Waals surface area contributed by atoms with Crippen LogP contribution in [0, 0.1) is 0 Å². The fourth-order valence-corrected chi connectivity index (χ4v) is 5.98. The lowest BCUT2D eigenvalue weighted by Crippen LogP contribution is -2.27. The second kappa shape index (κ2) is 8.71. The van der Waals surface area contributed by atoms with Crippen LogP contribution in [0.5, 0.6) is 0 Å². The summed E-state index contributed by atoms with van der Waals surface area (Å²) in [7, 11) is 1.78. The molecule has 0 saturated carbocycles. The van der Waals surface area contributed by atoms with Crippen molar-refractivity contribution in [3.8, 4) is 0 Å². The van der Waals surface area contributed by atoms with Crippen LogP contribution in [0.25, 0.3) is 10.2 Å². The van der Waals surface area contributed by atoms with Crippen molar-refractivity contribution < 1.29 is 4.79 Å². The van der Waals surface area contributed by atoms with Gasteiger partial charge in [0.1, 0.15) is 4.83 Å². The predicted octanol–water partition coefficient (Wildman–Crippen LogP) is 4.23. The van der Waals surface area contributed by atoms with Gasteiger partial charge in [-0.3, -0.25) is 14.2 Å². The van der Waals surface area contributed by atoms with Gasteiger partial charge in [-0.1, -0.05) is 42.1 Å². The SMILES string of the molecule is CC(NC(=O)CCSc1nc2sc3c(c2c(=O)n1C)CCCC3)c1ccccc1. The van der Waals surface area contributed by atoms with Gasteiger partial charge in [-0.2, -0.15) is 0 Å². The predicted molar refractivity (Wildman–Crippen MR) is 120 cm³/mol. The third-order valence-corrected chi connectivity index (χ3v) is 7.61. The van der Waals surface area contributed by atoms with Crippen molar-refractivity contribution in [2.24, 2.45) is 7.05 Å². The molecule has 1 aliphatic rings. The van der Waals surface area contributed by atoms with E-state index in [0.29, 0.717) is 17.3 Å². The van der Waals surface area contributed by atoms with E-state index in [2.05, 4.69) is 5.32 Å². The molecule has 0 aliphatic heterocycles. The lowest BCUT2D eigenvalue weighted by atomic mass is 9.97. The molecule has 5 nitrogen and oxygen atoms in total. The third-order valence-electron chi connectivity index (χ3n) is 5.39. The van der Waals surface area contributed by atoms with E-state index in [4.69, 9.17) is 4.98 Å². The van der Waals surface area contributed by atoms with Crippen LogP contribution < -0.4 is 10.9 Å². The van der Waals surface area contributed by atoms with Crippen LogP contribution in [0.1, 0.15) is 48.2 Å². The number of hydrogen-bond donors (Lipinski definition) is 1. The minimum atomic E-state index is -0.0232. The van der Waals surface area contributed by atoms with Crippen LogP contribution in [0.2, 0.25) is 0 Å². The Labute approximate surface area is 178 Å². The van der Waals surface area contributed by atoms with Gasteiger partial charge in [0.2, 0.25) is 5.91 Å². The van der Waals surface area contributed by atoms with Gasteiger partial charge < -0.3 is 5.32 Å². The molecule has 2 aromatic heterocycles. The summed E-state index contributed by atoms with van der Waals surface area (Å²) in [5, 5.41) is 4.53. The summed E-state index contributed by atoms with van der Waals surface area (Å²) in [6.07, 6.45) is 4.77. The highest BCUT2D eigenvalue weighted by atomic mass is 32.2. The Balaban J connectivity index is 1.41. The number of thiophene rings is 1. The zero-order chi connectivity index (χ0) is 20.4. The van der Waals surface area contributed by atoms with Crippen LogP contribution in [0.15, 0.2) is 40.3 Å². The molecule has 7 heteroatoms. The van der Waals surface area contributed by atoms with Crippen LogP contribution in [0.3, 0.4) is 0 Å². The van der Waals surface area contributed by atoms with Gasteiger partial charge >= 0.3 is 0 Å². The highest BCUT2D eigenvalue weighted by Crippen LogP contribution is 2.34. The minimum Gasteiger partial charge on any atom is -0.350 e. The van der Waals surface area contributed by atoms with E-state index in [-0.39, 0.29) is 17.5 Å². The zero-order valence-electron chi connectivity index (χ0n) is 16.7. The molecule has 1 amide bonds. The quantitative estimate of drug-likeness (QED) is 0.472. The fraction of sp³-hybridized carbons (Fsp3) is 0.409. The molecule has 0 radical (unpaired) electrons. The Bertz CT molecular complexity index is 1090. The molecule has 4 rings (SSSR count). The van der Waals surface area contributed by atoms with Crippen molar-refractivity contribution in [3.05, 3.63) is 56.7 Å². The number of aryl methyl sites for hydroxylation is 2. The van der Waals surface area contributed by atoms with E-state index >= 15 is 0 Å². The van der Waals surface area contributed by atoms with E-state index in [9.17, 15) is 9.59 Å². The largest absolute Gasteiger partial charge is 0.350 e. The molecule has 29 heavy (non-hydrogen) atoms. The number of carbonyl (C=O) groups excluding carboxylic acids is 1. The molecular weight excluding hydrogens is 402 g/mol. The van der Waals surface area contributed by atoms with E-state index in [1.165, 1.54) is 28.6 Å². The number of nitrogens with zero attached hydrogens (tertiary/aromatic N) is 2. The number of nitrogens with one attached hydrogen (secondary N) is 1. The number of fused-ring (bicyclic) bond motifs is 3. The van der Waals surface area contributed by atoms with Crippen molar-refractivity contribution in [3.63, 3.8) is 0 Å². The summed E-state index contributed by atoms with van der Waals surface area (Å²) in [5.74, 6) is 0.594. The fourth-order valence-electron chi connectivity index (χ4n) is 3.77. The van der Waals surface area contributed by atoms with E-state index in [0.717, 1.165) is 35.0 Å². The number of aromatic nitrogens is 2. The number of thioether (sulfide) groups is 1. The summed E-state index contributed by atoms with van der Waals surface area (Å²) in [4.78, 5) is 32.2. The lowest BCUT2D eigenvalue weighted by molar-refractivity contribution is -0.121. The molecule has 0 spiro atoms. The third kappa shape index (κ3) is 4.26. The molecule has 1 unspecified atom stereocenters. The van der Waals surface area contributed by atoms with E-state index in [1.54, 1.807) is 23.0 Å². The molecule has 3 aromatic rings. The second-order valence-electron chi connectivity index (χ2n) is 7.45. The van der Waals surface area contributed by atoms with Gasteiger partial charge in [0.25, 0.3) is 5.56 Å². The Hall–Kier alpha value is -2.12. The van der Waals surface area contributed by atoms with Gasteiger partial charge in [-0.15, -0.1) is 11.3 Å². The first-order chi connectivity index (χ1) is 14.0. The van der Waals surface area contributed by atoms with Crippen molar-refractivity contribution in [2.45, 2.75) is 50.2 Å². The zero-order valence-corrected chi connectivity index (χ0v) is 18.4. The Morgan fingerprint density at radius 2 is 2.03 bits per heavy atom. The standard InChI is InChI=1S/C22H25N3O2S2/c1-14(15-8-4-3-5-9-15)23-18(26)12-13-28-22-24-20-19(21(27)25(22)2)16-10-6-7-11-17(16)29-20/h3-5,8-9,14H,6-7,10-13H2,1-2H3,(H,23,26). The molecule has 152 valence electrons. The average molecular weight is 428 g/mol. The topological polar surface area (TPSA) is 64.0 Å². The summed E-state index contributed by atoms with van der Waals surface area (Å²) >= 11 is 3.14. The van der Waals surface area contributed by atoms with Crippen LogP contribution >= 0.6 is 23.1 Å². The van der Waals surface area contributed by atoms with Crippen LogP contribution in [-0.2, 0) is 24.7 Å². The summed E-state index contributed by atoms with van der Waals surface area (Å²) < 4.78 is 1.64. The number of benzene rings is 1. The maximum atomic E-state index is 12.9. The van der Waals surface area contributed by atoms with E-state index < -0.39 is 0 Å². The highest BCUT2D eigenvalue weighted by molar-refractivity contribution is 7.99. The van der Waals surface area contributed by atoms with Crippen molar-refractivity contribution in [1.82, 2.24) is 14.9 Å². The molecule has 1 atom stereocenters. The van der Waals surface area contributed by atoms with Gasteiger partial charge in [-0.05, 0) is 43.7 Å².